The SMILES string of the molecule is COc1cc2c(c(OC)c1OC)-c1ccc(N[C@@H](C)C(=O)Nc3nc(C)cs3)c(=O)cc1[C@@H](NC(C)=O)CC2. The molecule has 1 aliphatic carbocycles. The number of aryl methyl sites for hydroxylation is 2. The molecule has 3 N–H and O–H groups in total. The fourth-order valence-corrected chi connectivity index (χ4v) is 5.44. The first-order valence-corrected chi connectivity index (χ1v) is 13.3. The second kappa shape index (κ2) is 11.7. The maximum atomic E-state index is 13.5. The van der Waals surface area contributed by atoms with Gasteiger partial charge in [0.05, 0.1) is 38.8 Å². The lowest BCUT2D eigenvalue weighted by Crippen LogP contribution is -2.33. The summed E-state index contributed by atoms with van der Waals surface area (Å²) in [5, 5.41) is 11.1. The standard InChI is InChI=1S/C28H32N4O6S/c1-14-13-39-28(29-14)32-27(35)15(2)30-21-10-8-18-19(12-22(21)34)20(31-16(3)33)9-7-17-11-23(36-4)25(37-5)26(38-6)24(17)18/h8,10-13,15,20H,7,9H2,1-6H3,(H,30,34)(H,31,33)(H,29,32,35)/t15-,20-/m0/s1. The number of carbonyl (C=O) groups excluding carboxylic acids is 2. The smallest absolute Gasteiger partial charge is 0.248 e. The molecule has 1 aromatic heterocycles. The number of nitrogens with zero attached hydrogens (tertiary/aromatic N) is 1. The van der Waals surface area contributed by atoms with Crippen molar-refractivity contribution in [3.8, 4) is 28.4 Å². The number of hydrogen-bond acceptors (Lipinski definition) is 9. The monoisotopic (exact) mass is 552 g/mol. The molecule has 0 unspecified atom stereocenters. The molecule has 0 saturated heterocycles. The van der Waals surface area contributed by atoms with E-state index in [2.05, 4.69) is 20.9 Å². The lowest BCUT2D eigenvalue weighted by atomic mass is 9.95. The van der Waals surface area contributed by atoms with Gasteiger partial charge in [-0.15, -0.1) is 11.3 Å². The van der Waals surface area contributed by atoms with E-state index in [-0.39, 0.29) is 22.9 Å². The molecule has 2 atom stereocenters. The summed E-state index contributed by atoms with van der Waals surface area (Å²) in [7, 11) is 4.64. The van der Waals surface area contributed by atoms with E-state index in [1.165, 1.54) is 31.4 Å². The van der Waals surface area contributed by atoms with Gasteiger partial charge in [-0.1, -0.05) is 6.07 Å². The van der Waals surface area contributed by atoms with Crippen LogP contribution in [0, 0.1) is 6.92 Å². The Hall–Kier alpha value is -4.12. The molecule has 1 aliphatic rings. The molecule has 0 saturated carbocycles. The van der Waals surface area contributed by atoms with E-state index in [0.717, 1.165) is 16.8 Å². The molecule has 206 valence electrons. The predicted octanol–water partition coefficient (Wildman–Crippen LogP) is 4.07. The first kappa shape index (κ1) is 27.9. The third-order valence-corrected chi connectivity index (χ3v) is 7.41. The number of ether oxygens (including phenoxy) is 3. The summed E-state index contributed by atoms with van der Waals surface area (Å²) in [4.78, 5) is 42.6. The van der Waals surface area contributed by atoms with Crippen molar-refractivity contribution in [2.75, 3.05) is 32.0 Å². The van der Waals surface area contributed by atoms with Crippen molar-refractivity contribution in [2.45, 2.75) is 45.7 Å². The number of carbonyl (C=O) groups is 2. The summed E-state index contributed by atoms with van der Waals surface area (Å²) in [6, 6.07) is 5.72. The highest BCUT2D eigenvalue weighted by Crippen LogP contribution is 2.50. The van der Waals surface area contributed by atoms with Gasteiger partial charge in [0, 0.05) is 17.9 Å². The topological polar surface area (TPSA) is 128 Å². The van der Waals surface area contributed by atoms with Crippen LogP contribution in [-0.4, -0.2) is 44.2 Å². The Morgan fingerprint density at radius 2 is 1.85 bits per heavy atom. The van der Waals surface area contributed by atoms with Gasteiger partial charge in [-0.3, -0.25) is 14.4 Å². The summed E-state index contributed by atoms with van der Waals surface area (Å²) < 4.78 is 17.0. The highest BCUT2D eigenvalue weighted by molar-refractivity contribution is 7.13. The zero-order valence-electron chi connectivity index (χ0n) is 22.8. The minimum absolute atomic E-state index is 0.209. The van der Waals surface area contributed by atoms with Crippen molar-refractivity contribution in [2.24, 2.45) is 0 Å². The summed E-state index contributed by atoms with van der Waals surface area (Å²) in [6.45, 7) is 4.96. The van der Waals surface area contributed by atoms with Crippen molar-refractivity contribution in [1.29, 1.82) is 0 Å². The summed E-state index contributed by atoms with van der Waals surface area (Å²) in [6.07, 6.45) is 1.15. The number of aromatic nitrogens is 1. The maximum absolute atomic E-state index is 13.5. The number of benzene rings is 1. The molecular formula is C28H32N4O6S. The number of nitrogens with one attached hydrogen (secondary N) is 3. The fourth-order valence-electron chi connectivity index (χ4n) is 4.75. The second-order valence-corrected chi connectivity index (χ2v) is 10.1. The minimum atomic E-state index is -0.721. The van der Waals surface area contributed by atoms with Gasteiger partial charge < -0.3 is 30.2 Å². The van der Waals surface area contributed by atoms with Crippen molar-refractivity contribution in [3.05, 3.63) is 56.7 Å². The Bertz CT molecular complexity index is 1470. The van der Waals surface area contributed by atoms with E-state index in [1.807, 2.05) is 18.4 Å². The highest BCUT2D eigenvalue weighted by Gasteiger charge is 2.29. The van der Waals surface area contributed by atoms with Crippen LogP contribution in [0.25, 0.3) is 11.1 Å². The maximum Gasteiger partial charge on any atom is 0.248 e. The van der Waals surface area contributed by atoms with Gasteiger partial charge in [0.1, 0.15) is 6.04 Å². The number of fused-ring (bicyclic) bond motifs is 3. The van der Waals surface area contributed by atoms with Crippen LogP contribution in [0.3, 0.4) is 0 Å². The molecule has 0 bridgehead atoms. The first-order chi connectivity index (χ1) is 18.7. The quantitative estimate of drug-likeness (QED) is 0.382. The number of hydrogen-bond donors (Lipinski definition) is 3. The van der Waals surface area contributed by atoms with E-state index >= 15 is 0 Å². The van der Waals surface area contributed by atoms with E-state index in [9.17, 15) is 14.4 Å². The van der Waals surface area contributed by atoms with Gasteiger partial charge in [-0.2, -0.15) is 0 Å². The van der Waals surface area contributed by atoms with Crippen LogP contribution in [0.4, 0.5) is 10.8 Å². The summed E-state index contributed by atoms with van der Waals surface area (Å²) in [5.41, 5.74) is 3.76. The number of methoxy groups -OCH3 is 3. The van der Waals surface area contributed by atoms with Gasteiger partial charge in [0.15, 0.2) is 16.6 Å². The Balaban J connectivity index is 1.82. The summed E-state index contributed by atoms with van der Waals surface area (Å²) in [5.74, 6) is 0.889. The Labute approximate surface area is 230 Å². The van der Waals surface area contributed by atoms with Crippen molar-refractivity contribution < 1.29 is 23.8 Å². The summed E-state index contributed by atoms with van der Waals surface area (Å²) >= 11 is 1.33. The number of rotatable bonds is 8. The molecule has 10 nitrogen and oxygen atoms in total. The average molecular weight is 553 g/mol. The molecule has 39 heavy (non-hydrogen) atoms. The van der Waals surface area contributed by atoms with Crippen LogP contribution in [0.15, 0.2) is 34.4 Å². The molecule has 0 radical (unpaired) electrons. The second-order valence-electron chi connectivity index (χ2n) is 9.25. The zero-order valence-corrected chi connectivity index (χ0v) is 23.6. The molecule has 11 heteroatoms. The molecule has 3 aromatic rings. The highest BCUT2D eigenvalue weighted by atomic mass is 32.1. The van der Waals surface area contributed by atoms with Gasteiger partial charge in [0.2, 0.25) is 23.0 Å². The third-order valence-electron chi connectivity index (χ3n) is 6.53. The van der Waals surface area contributed by atoms with E-state index in [4.69, 9.17) is 14.2 Å². The van der Waals surface area contributed by atoms with E-state index < -0.39 is 12.1 Å². The van der Waals surface area contributed by atoms with Crippen LogP contribution >= 0.6 is 11.3 Å². The zero-order chi connectivity index (χ0) is 28.3. The van der Waals surface area contributed by atoms with Crippen molar-refractivity contribution >= 4 is 34.0 Å². The molecule has 0 fully saturated rings. The molecule has 1 heterocycles. The molecule has 0 aliphatic heterocycles. The Morgan fingerprint density at radius 3 is 2.46 bits per heavy atom. The third kappa shape index (κ3) is 5.83. The molecular weight excluding hydrogens is 520 g/mol. The van der Waals surface area contributed by atoms with Crippen LogP contribution in [0.2, 0.25) is 0 Å². The Morgan fingerprint density at radius 1 is 1.10 bits per heavy atom. The van der Waals surface area contributed by atoms with Gasteiger partial charge in [-0.25, -0.2) is 4.98 Å². The van der Waals surface area contributed by atoms with E-state index in [0.29, 0.717) is 46.3 Å². The predicted molar refractivity (Wildman–Crippen MR) is 151 cm³/mol. The molecule has 2 amide bonds. The largest absolute Gasteiger partial charge is 0.493 e. The first-order valence-electron chi connectivity index (χ1n) is 12.4. The number of anilines is 2. The lowest BCUT2D eigenvalue weighted by molar-refractivity contribution is -0.119. The van der Waals surface area contributed by atoms with Crippen LogP contribution < -0.4 is 35.6 Å². The van der Waals surface area contributed by atoms with Gasteiger partial charge >= 0.3 is 0 Å². The molecule has 2 aromatic carbocycles. The van der Waals surface area contributed by atoms with Crippen molar-refractivity contribution in [1.82, 2.24) is 10.3 Å². The normalized spacial score (nSPS) is 14.7. The Kier molecular flexibility index (Phi) is 8.39. The lowest BCUT2D eigenvalue weighted by Gasteiger charge is -2.19. The fraction of sp³-hybridized carbons (Fsp3) is 0.357. The van der Waals surface area contributed by atoms with Crippen LogP contribution in [-0.2, 0) is 16.0 Å². The number of thiazole rings is 1. The molecule has 0 spiro atoms. The number of amides is 2. The van der Waals surface area contributed by atoms with E-state index in [1.54, 1.807) is 33.3 Å². The minimum Gasteiger partial charge on any atom is -0.493 e. The van der Waals surface area contributed by atoms with Crippen LogP contribution in [0.5, 0.6) is 17.2 Å². The molecule has 4 rings (SSSR count). The van der Waals surface area contributed by atoms with Crippen molar-refractivity contribution in [3.63, 3.8) is 0 Å². The van der Waals surface area contributed by atoms with Crippen LogP contribution in [0.1, 0.15) is 43.1 Å². The van der Waals surface area contributed by atoms with Gasteiger partial charge in [0.25, 0.3) is 0 Å². The van der Waals surface area contributed by atoms with Gasteiger partial charge in [-0.05, 0) is 61.6 Å². The average Bonchev–Trinajstić information content (AvgIpc) is 3.17.